The molecule has 0 aliphatic heterocycles. The third-order valence-electron chi connectivity index (χ3n) is 3.68. The zero-order valence-corrected chi connectivity index (χ0v) is 16.9. The monoisotopic (exact) mass is 408 g/mol. The second-order valence-electron chi connectivity index (χ2n) is 5.03. The first-order valence-corrected chi connectivity index (χ1v) is 8.47. The molecule has 1 aliphatic carbocycles. The number of halogens is 2. The number of benzene rings is 2. The number of hydrogen-bond acceptors (Lipinski definition) is 7. The summed E-state index contributed by atoms with van der Waals surface area (Å²) in [6.45, 7) is 0. The molecular formula is C14H7Cl2N2NaO5S. The van der Waals surface area contributed by atoms with Gasteiger partial charge in [-0.15, -0.1) is 0 Å². The van der Waals surface area contributed by atoms with Gasteiger partial charge in [-0.2, -0.15) is 0 Å². The Morgan fingerprint density at radius 1 is 0.880 bits per heavy atom. The van der Waals surface area contributed by atoms with Gasteiger partial charge in [0.15, 0.2) is 11.6 Å². The molecule has 124 valence electrons. The van der Waals surface area contributed by atoms with Crippen molar-refractivity contribution >= 4 is 56.3 Å². The van der Waals surface area contributed by atoms with Gasteiger partial charge in [-0.25, -0.2) is 8.42 Å². The van der Waals surface area contributed by atoms with Gasteiger partial charge < -0.3 is 16.0 Å². The van der Waals surface area contributed by atoms with Crippen molar-refractivity contribution in [1.82, 2.24) is 0 Å². The number of fused-ring (bicyclic) bond motifs is 2. The number of anilines is 2. The summed E-state index contributed by atoms with van der Waals surface area (Å²) >= 11 is 11.8. The molecule has 0 saturated carbocycles. The Balaban J connectivity index is 0.00000225. The van der Waals surface area contributed by atoms with Crippen LogP contribution in [0.2, 0.25) is 10.0 Å². The molecule has 25 heavy (non-hydrogen) atoms. The topological polar surface area (TPSA) is 143 Å². The molecule has 11 heteroatoms. The van der Waals surface area contributed by atoms with Gasteiger partial charge >= 0.3 is 29.6 Å². The summed E-state index contributed by atoms with van der Waals surface area (Å²) in [5, 5.41) is -0.346. The quantitative estimate of drug-likeness (QED) is 0.293. The van der Waals surface area contributed by atoms with Crippen molar-refractivity contribution in [1.29, 1.82) is 0 Å². The molecular weight excluding hydrogens is 402 g/mol. The number of rotatable bonds is 1. The van der Waals surface area contributed by atoms with Crippen LogP contribution in [-0.4, -0.2) is 24.5 Å². The van der Waals surface area contributed by atoms with Crippen LogP contribution in [0.4, 0.5) is 11.4 Å². The Kier molecular flexibility index (Phi) is 5.29. The minimum atomic E-state index is -4.80. The van der Waals surface area contributed by atoms with Gasteiger partial charge in [-0.1, -0.05) is 23.2 Å². The van der Waals surface area contributed by atoms with Gasteiger partial charge in [0.25, 0.3) is 0 Å². The van der Waals surface area contributed by atoms with Gasteiger partial charge in [0.05, 0.1) is 37.4 Å². The zero-order chi connectivity index (χ0) is 18.0. The molecule has 0 bridgehead atoms. The van der Waals surface area contributed by atoms with Crippen LogP contribution in [0.15, 0.2) is 23.1 Å². The van der Waals surface area contributed by atoms with Crippen molar-refractivity contribution in [2.75, 3.05) is 11.5 Å². The Morgan fingerprint density at radius 2 is 1.32 bits per heavy atom. The summed E-state index contributed by atoms with van der Waals surface area (Å²) in [6.07, 6.45) is 0. The SMILES string of the molecule is Nc1c(Cl)c(Cl)c(N)c2c1C(=O)c1ccc(S(=O)(=O)[O-])cc1C2=O.[Na+]. The fourth-order valence-electron chi connectivity index (χ4n) is 2.53. The van der Waals surface area contributed by atoms with E-state index in [0.717, 1.165) is 18.2 Å². The number of carbonyl (C=O) groups excluding carboxylic acids is 2. The van der Waals surface area contributed by atoms with Crippen LogP contribution in [0.5, 0.6) is 0 Å². The van der Waals surface area contributed by atoms with Crippen molar-refractivity contribution in [3.8, 4) is 0 Å². The minimum Gasteiger partial charge on any atom is -0.744 e. The van der Waals surface area contributed by atoms with Crippen molar-refractivity contribution in [2.45, 2.75) is 4.90 Å². The van der Waals surface area contributed by atoms with Crippen LogP contribution in [-0.2, 0) is 10.1 Å². The van der Waals surface area contributed by atoms with E-state index in [-0.39, 0.29) is 73.2 Å². The molecule has 0 aromatic heterocycles. The van der Waals surface area contributed by atoms with E-state index < -0.39 is 26.6 Å². The summed E-state index contributed by atoms with van der Waals surface area (Å²) in [5.41, 5.74) is 10.3. The molecule has 0 amide bonds. The summed E-state index contributed by atoms with van der Waals surface area (Å²) in [5.74, 6) is -1.44. The Labute approximate surface area is 174 Å². The fraction of sp³-hybridized carbons (Fsp3) is 0. The van der Waals surface area contributed by atoms with Crippen LogP contribution in [0.25, 0.3) is 0 Å². The van der Waals surface area contributed by atoms with E-state index >= 15 is 0 Å². The van der Waals surface area contributed by atoms with Gasteiger partial charge in [-0.05, 0) is 18.2 Å². The molecule has 0 atom stereocenters. The maximum Gasteiger partial charge on any atom is 1.00 e. The molecule has 4 N–H and O–H groups in total. The number of nitrogens with two attached hydrogens (primary N) is 2. The first-order valence-electron chi connectivity index (χ1n) is 6.31. The van der Waals surface area contributed by atoms with Crippen LogP contribution in [0.1, 0.15) is 31.8 Å². The normalized spacial score (nSPS) is 13.1. The summed E-state index contributed by atoms with van der Waals surface area (Å²) in [6, 6.07) is 2.84. The smallest absolute Gasteiger partial charge is 0.744 e. The van der Waals surface area contributed by atoms with Crippen LogP contribution < -0.4 is 41.0 Å². The Hall–Kier alpha value is -1.13. The van der Waals surface area contributed by atoms with Crippen LogP contribution >= 0.6 is 23.2 Å². The molecule has 0 spiro atoms. The van der Waals surface area contributed by atoms with E-state index in [9.17, 15) is 22.6 Å². The van der Waals surface area contributed by atoms with Crippen molar-refractivity contribution in [2.24, 2.45) is 0 Å². The fourth-order valence-corrected chi connectivity index (χ4v) is 3.42. The van der Waals surface area contributed by atoms with Gasteiger partial charge in [0.1, 0.15) is 10.1 Å². The average molecular weight is 409 g/mol. The number of carbonyl (C=O) groups is 2. The molecule has 0 heterocycles. The van der Waals surface area contributed by atoms with E-state index in [1.807, 2.05) is 0 Å². The molecule has 0 fully saturated rings. The Bertz CT molecular complexity index is 1070. The second kappa shape index (κ2) is 6.55. The molecule has 2 aromatic carbocycles. The van der Waals surface area contributed by atoms with E-state index in [1.54, 1.807) is 0 Å². The third kappa shape index (κ3) is 2.97. The maximum atomic E-state index is 12.7. The average Bonchev–Trinajstić information content (AvgIpc) is 2.52. The first-order chi connectivity index (χ1) is 11.1. The third-order valence-corrected chi connectivity index (χ3v) is 5.39. The number of nitrogen functional groups attached to an aromatic ring is 2. The predicted molar refractivity (Wildman–Crippen MR) is 86.6 cm³/mol. The Morgan fingerprint density at radius 3 is 1.76 bits per heavy atom. The number of hydrogen-bond donors (Lipinski definition) is 2. The predicted octanol–water partition coefficient (Wildman–Crippen LogP) is -1.16. The molecule has 0 saturated heterocycles. The molecule has 2 aromatic rings. The second-order valence-corrected chi connectivity index (χ2v) is 7.16. The molecule has 7 nitrogen and oxygen atoms in total. The minimum absolute atomic E-state index is 0. The molecule has 3 rings (SSSR count). The first kappa shape index (κ1) is 20.2. The van der Waals surface area contributed by atoms with Crippen LogP contribution in [0.3, 0.4) is 0 Å². The van der Waals surface area contributed by atoms with Crippen molar-refractivity contribution in [3.63, 3.8) is 0 Å². The molecule has 0 radical (unpaired) electrons. The standard InChI is InChI=1S/C14H8Cl2N2O5S.Na/c15-9-10(16)12(18)8-7(11(9)17)13(19)5-2-1-4(24(21,22)23)3-6(5)14(8)20;/h1-3H,17-18H2,(H,21,22,23);/q;+1/p-1. The van der Waals surface area contributed by atoms with E-state index in [0.29, 0.717) is 0 Å². The number of ketones is 2. The maximum absolute atomic E-state index is 12.7. The summed E-state index contributed by atoms with van der Waals surface area (Å²) < 4.78 is 33.4. The van der Waals surface area contributed by atoms with E-state index in [2.05, 4.69) is 0 Å². The van der Waals surface area contributed by atoms with Crippen molar-refractivity contribution in [3.05, 3.63) is 50.5 Å². The molecule has 0 unspecified atom stereocenters. The van der Waals surface area contributed by atoms with Crippen molar-refractivity contribution < 1.29 is 52.1 Å². The van der Waals surface area contributed by atoms with Gasteiger partial charge in [0, 0.05) is 11.1 Å². The molecule has 1 aliphatic rings. The summed E-state index contributed by atoms with van der Waals surface area (Å²) in [7, 11) is -4.80. The summed E-state index contributed by atoms with van der Waals surface area (Å²) in [4.78, 5) is 24.7. The zero-order valence-electron chi connectivity index (χ0n) is 12.6. The van der Waals surface area contributed by atoms with Gasteiger partial charge in [-0.3, -0.25) is 9.59 Å². The largest absolute Gasteiger partial charge is 1.00 e. The van der Waals surface area contributed by atoms with E-state index in [1.165, 1.54) is 0 Å². The van der Waals surface area contributed by atoms with E-state index in [4.69, 9.17) is 34.7 Å². The van der Waals surface area contributed by atoms with Gasteiger partial charge in [0.2, 0.25) is 0 Å². The van der Waals surface area contributed by atoms with Crippen LogP contribution in [0, 0.1) is 0 Å².